The van der Waals surface area contributed by atoms with Crippen molar-refractivity contribution < 1.29 is 9.18 Å². The lowest BCUT2D eigenvalue weighted by atomic mass is 9.97. The van der Waals surface area contributed by atoms with E-state index in [1.54, 1.807) is 6.07 Å². The van der Waals surface area contributed by atoms with Crippen LogP contribution in [-0.2, 0) is 17.8 Å². The topological polar surface area (TPSA) is 41.1 Å². The van der Waals surface area contributed by atoms with Crippen LogP contribution >= 0.6 is 12.4 Å². The lowest BCUT2D eigenvalue weighted by Gasteiger charge is -2.20. The van der Waals surface area contributed by atoms with Gasteiger partial charge in [-0.1, -0.05) is 31.7 Å². The van der Waals surface area contributed by atoms with Gasteiger partial charge in [0.25, 0.3) is 0 Å². The van der Waals surface area contributed by atoms with E-state index in [0.717, 1.165) is 43.4 Å². The fraction of sp³-hybridized carbons (Fsp3) is 0.588. The Morgan fingerprint density at radius 1 is 1.18 bits per heavy atom. The van der Waals surface area contributed by atoms with Crippen LogP contribution < -0.4 is 10.6 Å². The van der Waals surface area contributed by atoms with Gasteiger partial charge in [-0.15, -0.1) is 12.4 Å². The first kappa shape index (κ1) is 17.2. The van der Waals surface area contributed by atoms with E-state index < -0.39 is 0 Å². The normalized spacial score (nSPS) is 18.8. The summed E-state index contributed by atoms with van der Waals surface area (Å²) in [5.74, 6) is -0.203. The highest BCUT2D eigenvalue weighted by Gasteiger charge is 2.22. The molecule has 0 bridgehead atoms. The van der Waals surface area contributed by atoms with Crippen molar-refractivity contribution in [2.45, 2.75) is 51.5 Å². The van der Waals surface area contributed by atoms with E-state index in [1.165, 1.54) is 12.8 Å². The van der Waals surface area contributed by atoms with Crippen molar-refractivity contribution in [3.63, 3.8) is 0 Å². The molecular weight excluding hydrogens is 303 g/mol. The quantitative estimate of drug-likeness (QED) is 0.812. The molecule has 0 unspecified atom stereocenters. The minimum Gasteiger partial charge on any atom is -0.323 e. The summed E-state index contributed by atoms with van der Waals surface area (Å²) in [6.07, 6.45) is 7.19. The molecule has 1 saturated carbocycles. The van der Waals surface area contributed by atoms with Crippen LogP contribution in [0.15, 0.2) is 12.1 Å². The molecule has 0 atom stereocenters. The number of hydrogen-bond acceptors (Lipinski definition) is 2. The maximum Gasteiger partial charge on any atom is 0.227 e. The van der Waals surface area contributed by atoms with E-state index in [4.69, 9.17) is 0 Å². The first-order valence-corrected chi connectivity index (χ1v) is 8.07. The van der Waals surface area contributed by atoms with Crippen LogP contribution in [0.3, 0.4) is 0 Å². The predicted octanol–water partition coefficient (Wildman–Crippen LogP) is 3.80. The number of halogens is 2. The zero-order valence-corrected chi connectivity index (χ0v) is 13.6. The molecular formula is C17H24ClFN2O. The average Bonchev–Trinajstić information content (AvgIpc) is 2.79. The number of carbonyl (C=O) groups is 1. The Bertz CT molecular complexity index is 528. The molecule has 1 amide bonds. The van der Waals surface area contributed by atoms with E-state index in [1.807, 2.05) is 6.07 Å². The molecule has 1 fully saturated rings. The van der Waals surface area contributed by atoms with Crippen LogP contribution in [0.1, 0.15) is 49.7 Å². The van der Waals surface area contributed by atoms with Crippen molar-refractivity contribution in [1.29, 1.82) is 0 Å². The predicted molar refractivity (Wildman–Crippen MR) is 88.9 cm³/mol. The van der Waals surface area contributed by atoms with Gasteiger partial charge in [0.2, 0.25) is 5.91 Å². The number of fused-ring (bicyclic) bond motifs is 1. The van der Waals surface area contributed by atoms with E-state index in [9.17, 15) is 9.18 Å². The number of nitrogens with one attached hydrogen (secondary N) is 2. The number of anilines is 1. The minimum atomic E-state index is -0.240. The van der Waals surface area contributed by atoms with Gasteiger partial charge in [0, 0.05) is 12.5 Å². The van der Waals surface area contributed by atoms with Gasteiger partial charge >= 0.3 is 0 Å². The molecule has 3 rings (SSSR count). The molecule has 22 heavy (non-hydrogen) atoms. The molecule has 1 aliphatic carbocycles. The number of benzene rings is 1. The Balaban J connectivity index is 0.00000176. The van der Waals surface area contributed by atoms with Crippen molar-refractivity contribution in [1.82, 2.24) is 5.32 Å². The van der Waals surface area contributed by atoms with Crippen molar-refractivity contribution >= 4 is 24.0 Å². The summed E-state index contributed by atoms with van der Waals surface area (Å²) in [6, 6.07) is 3.63. The van der Waals surface area contributed by atoms with E-state index in [2.05, 4.69) is 10.6 Å². The van der Waals surface area contributed by atoms with Gasteiger partial charge < -0.3 is 10.6 Å². The van der Waals surface area contributed by atoms with Gasteiger partial charge in [0.05, 0.1) is 5.69 Å². The molecule has 1 heterocycles. The van der Waals surface area contributed by atoms with Crippen LogP contribution in [-0.4, -0.2) is 12.5 Å². The van der Waals surface area contributed by atoms with Crippen molar-refractivity contribution in [2.75, 3.05) is 11.9 Å². The van der Waals surface area contributed by atoms with Crippen LogP contribution in [0.5, 0.6) is 0 Å². The van der Waals surface area contributed by atoms with Crippen molar-refractivity contribution in [2.24, 2.45) is 5.92 Å². The lowest BCUT2D eigenvalue weighted by molar-refractivity contribution is -0.120. The SMILES string of the molecule is Cl.O=C(Nc1ccc2c(c1F)CCNC2)C1CCCCCC1. The smallest absolute Gasteiger partial charge is 0.227 e. The average molecular weight is 327 g/mol. The minimum absolute atomic E-state index is 0. The van der Waals surface area contributed by atoms with Crippen LogP contribution in [0.25, 0.3) is 0 Å². The summed E-state index contributed by atoms with van der Waals surface area (Å²) in [5, 5.41) is 6.06. The highest BCUT2D eigenvalue weighted by Crippen LogP contribution is 2.27. The lowest BCUT2D eigenvalue weighted by Crippen LogP contribution is -2.26. The molecule has 5 heteroatoms. The Morgan fingerprint density at radius 3 is 2.64 bits per heavy atom. The maximum atomic E-state index is 14.5. The highest BCUT2D eigenvalue weighted by atomic mass is 35.5. The van der Waals surface area contributed by atoms with Gasteiger partial charge in [0.15, 0.2) is 0 Å². The van der Waals surface area contributed by atoms with Crippen LogP contribution in [0.2, 0.25) is 0 Å². The molecule has 122 valence electrons. The summed E-state index contributed by atoms with van der Waals surface area (Å²) < 4.78 is 14.5. The van der Waals surface area contributed by atoms with Gasteiger partial charge in [-0.3, -0.25) is 4.79 Å². The van der Waals surface area contributed by atoms with Gasteiger partial charge in [-0.05, 0) is 43.0 Å². The molecule has 0 radical (unpaired) electrons. The third-order valence-electron chi connectivity index (χ3n) is 4.69. The second-order valence-electron chi connectivity index (χ2n) is 6.17. The summed E-state index contributed by atoms with van der Waals surface area (Å²) in [5.41, 5.74) is 2.11. The second-order valence-corrected chi connectivity index (χ2v) is 6.17. The molecule has 3 nitrogen and oxygen atoms in total. The fourth-order valence-corrected chi connectivity index (χ4v) is 3.41. The molecule has 0 saturated heterocycles. The number of hydrogen-bond donors (Lipinski definition) is 2. The Kier molecular flexibility index (Phi) is 6.21. The molecule has 1 aromatic carbocycles. The zero-order chi connectivity index (χ0) is 14.7. The largest absolute Gasteiger partial charge is 0.323 e. The standard InChI is InChI=1S/C17H23FN2O.ClH/c18-16-14-9-10-19-11-13(14)7-8-15(16)20-17(21)12-5-3-1-2-4-6-12;/h7-8,12,19H,1-6,9-11H2,(H,20,21);1H. The molecule has 2 aliphatic rings. The van der Waals surface area contributed by atoms with Gasteiger partial charge in [-0.2, -0.15) is 0 Å². The second kappa shape index (κ2) is 7.93. The molecule has 0 aromatic heterocycles. The summed E-state index contributed by atoms with van der Waals surface area (Å²) in [4.78, 5) is 12.4. The zero-order valence-electron chi connectivity index (χ0n) is 12.8. The van der Waals surface area contributed by atoms with Crippen molar-refractivity contribution in [3.05, 3.63) is 29.1 Å². The van der Waals surface area contributed by atoms with Crippen molar-refractivity contribution in [3.8, 4) is 0 Å². The number of rotatable bonds is 2. The maximum absolute atomic E-state index is 14.5. The molecule has 1 aliphatic heterocycles. The Hall–Kier alpha value is -1.13. The monoisotopic (exact) mass is 326 g/mol. The van der Waals surface area contributed by atoms with Crippen LogP contribution in [0.4, 0.5) is 10.1 Å². The third-order valence-corrected chi connectivity index (χ3v) is 4.69. The van der Waals surface area contributed by atoms with Crippen LogP contribution in [0, 0.1) is 11.7 Å². The number of carbonyl (C=O) groups excluding carboxylic acids is 1. The molecule has 1 aromatic rings. The first-order chi connectivity index (χ1) is 10.3. The van der Waals surface area contributed by atoms with E-state index in [0.29, 0.717) is 18.7 Å². The summed E-state index contributed by atoms with van der Waals surface area (Å²) >= 11 is 0. The fourth-order valence-electron chi connectivity index (χ4n) is 3.41. The number of amides is 1. The van der Waals surface area contributed by atoms with Gasteiger partial charge in [-0.25, -0.2) is 4.39 Å². The Labute approximate surface area is 137 Å². The summed E-state index contributed by atoms with van der Waals surface area (Å²) in [6.45, 7) is 1.51. The summed E-state index contributed by atoms with van der Waals surface area (Å²) in [7, 11) is 0. The highest BCUT2D eigenvalue weighted by molar-refractivity contribution is 5.92. The van der Waals surface area contributed by atoms with E-state index in [-0.39, 0.29) is 30.0 Å². The molecule has 2 N–H and O–H groups in total. The Morgan fingerprint density at radius 2 is 1.91 bits per heavy atom. The first-order valence-electron chi connectivity index (χ1n) is 8.07. The van der Waals surface area contributed by atoms with Gasteiger partial charge in [0.1, 0.15) is 5.82 Å². The molecule has 0 spiro atoms. The third kappa shape index (κ3) is 3.79. The van der Waals surface area contributed by atoms with E-state index >= 15 is 0 Å².